The molecule has 0 fully saturated rings. The highest BCUT2D eigenvalue weighted by Crippen LogP contribution is 2.26. The number of carbonyl (C=O) groups is 1. The fraction of sp³-hybridized carbons (Fsp3) is 0.278. The first-order valence-electron chi connectivity index (χ1n) is 7.25. The van der Waals surface area contributed by atoms with E-state index in [1.807, 2.05) is 26.8 Å². The minimum Gasteiger partial charge on any atom is -0.489 e. The summed E-state index contributed by atoms with van der Waals surface area (Å²) in [6.45, 7) is 6.61. The van der Waals surface area contributed by atoms with Gasteiger partial charge in [0.25, 0.3) is 0 Å². The molecule has 1 N–H and O–H groups in total. The Balaban J connectivity index is 1.99. The van der Waals surface area contributed by atoms with Crippen molar-refractivity contribution in [1.29, 1.82) is 0 Å². The van der Waals surface area contributed by atoms with Gasteiger partial charge in [0, 0.05) is 5.02 Å². The van der Waals surface area contributed by atoms with Gasteiger partial charge in [-0.15, -0.1) is 0 Å². The summed E-state index contributed by atoms with van der Waals surface area (Å²) in [6.07, 6.45) is 0. The van der Waals surface area contributed by atoms with Gasteiger partial charge < -0.3 is 14.6 Å². The van der Waals surface area contributed by atoms with E-state index in [2.05, 4.69) is 6.07 Å². The average molecular weight is 335 g/mol. The van der Waals surface area contributed by atoms with E-state index in [1.165, 1.54) is 6.07 Å². The van der Waals surface area contributed by atoms with Gasteiger partial charge in [-0.3, -0.25) is 0 Å². The molecule has 0 saturated carbocycles. The van der Waals surface area contributed by atoms with Crippen molar-refractivity contribution in [3.05, 3.63) is 57.6 Å². The normalized spacial score (nSPS) is 10.4. The molecule has 0 heterocycles. The first-order chi connectivity index (χ1) is 10.9. The van der Waals surface area contributed by atoms with E-state index in [0.717, 1.165) is 22.4 Å². The van der Waals surface area contributed by atoms with Crippen LogP contribution >= 0.6 is 11.6 Å². The van der Waals surface area contributed by atoms with Crippen LogP contribution in [0.2, 0.25) is 5.02 Å². The highest BCUT2D eigenvalue weighted by Gasteiger charge is 2.12. The third-order valence-electron chi connectivity index (χ3n) is 3.63. The Bertz CT molecular complexity index is 725. The van der Waals surface area contributed by atoms with Crippen LogP contribution in [0.5, 0.6) is 11.5 Å². The number of benzene rings is 2. The van der Waals surface area contributed by atoms with Crippen molar-refractivity contribution in [2.45, 2.75) is 20.8 Å². The van der Waals surface area contributed by atoms with Gasteiger partial charge in [0.05, 0.1) is 0 Å². The van der Waals surface area contributed by atoms with E-state index in [-0.39, 0.29) is 17.9 Å². The van der Waals surface area contributed by atoms with Gasteiger partial charge in [-0.2, -0.15) is 0 Å². The van der Waals surface area contributed by atoms with Crippen LogP contribution in [0.25, 0.3) is 0 Å². The van der Waals surface area contributed by atoms with Crippen LogP contribution in [0, 0.1) is 20.8 Å². The lowest BCUT2D eigenvalue weighted by Crippen LogP contribution is -2.12. The lowest BCUT2D eigenvalue weighted by molar-refractivity contribution is 0.0691. The number of carboxylic acids is 1. The Kier molecular flexibility index (Phi) is 5.50. The van der Waals surface area contributed by atoms with Crippen molar-refractivity contribution < 1.29 is 19.4 Å². The van der Waals surface area contributed by atoms with Gasteiger partial charge in [-0.25, -0.2) is 4.79 Å². The molecule has 0 saturated heterocycles. The summed E-state index contributed by atoms with van der Waals surface area (Å²) in [7, 11) is 0. The molecule has 0 amide bonds. The Hall–Kier alpha value is -2.20. The van der Waals surface area contributed by atoms with Crippen LogP contribution in [0.4, 0.5) is 0 Å². The van der Waals surface area contributed by atoms with Crippen LogP contribution in [0.1, 0.15) is 27.0 Å². The maximum absolute atomic E-state index is 11.2. The van der Waals surface area contributed by atoms with Crippen molar-refractivity contribution in [2.75, 3.05) is 13.2 Å². The fourth-order valence-corrected chi connectivity index (χ4v) is 2.41. The lowest BCUT2D eigenvalue weighted by atomic mass is 10.1. The van der Waals surface area contributed by atoms with Crippen LogP contribution in [-0.4, -0.2) is 24.3 Å². The van der Waals surface area contributed by atoms with Crippen molar-refractivity contribution in [3.8, 4) is 11.5 Å². The van der Waals surface area contributed by atoms with Gasteiger partial charge in [-0.05, 0) is 55.7 Å². The smallest absolute Gasteiger partial charge is 0.339 e. The predicted molar refractivity (Wildman–Crippen MR) is 90.1 cm³/mol. The molecular weight excluding hydrogens is 316 g/mol. The molecule has 0 bridgehead atoms. The summed E-state index contributed by atoms with van der Waals surface area (Å²) < 4.78 is 11.3. The zero-order valence-corrected chi connectivity index (χ0v) is 14.1. The molecule has 2 aromatic carbocycles. The minimum absolute atomic E-state index is 0.0421. The third-order valence-corrected chi connectivity index (χ3v) is 3.87. The van der Waals surface area contributed by atoms with Crippen molar-refractivity contribution in [3.63, 3.8) is 0 Å². The highest BCUT2D eigenvalue weighted by atomic mass is 35.5. The van der Waals surface area contributed by atoms with Gasteiger partial charge in [0.1, 0.15) is 30.3 Å². The van der Waals surface area contributed by atoms with Crippen molar-refractivity contribution in [2.24, 2.45) is 0 Å². The van der Waals surface area contributed by atoms with Gasteiger partial charge in [-0.1, -0.05) is 23.7 Å². The fourth-order valence-electron chi connectivity index (χ4n) is 2.24. The summed E-state index contributed by atoms with van der Waals surface area (Å²) >= 11 is 5.81. The summed E-state index contributed by atoms with van der Waals surface area (Å²) in [5, 5.41) is 9.52. The molecule has 0 unspecified atom stereocenters. The molecule has 0 aliphatic heterocycles. The van der Waals surface area contributed by atoms with Gasteiger partial charge in [0.15, 0.2) is 0 Å². The first-order valence-corrected chi connectivity index (χ1v) is 7.63. The topological polar surface area (TPSA) is 55.8 Å². The molecule has 5 heteroatoms. The van der Waals surface area contributed by atoms with E-state index < -0.39 is 5.97 Å². The largest absolute Gasteiger partial charge is 0.489 e. The molecule has 23 heavy (non-hydrogen) atoms. The van der Waals surface area contributed by atoms with Gasteiger partial charge >= 0.3 is 5.97 Å². The second-order valence-corrected chi connectivity index (χ2v) is 5.73. The molecule has 0 radical (unpaired) electrons. The number of hydrogen-bond acceptors (Lipinski definition) is 3. The summed E-state index contributed by atoms with van der Waals surface area (Å²) in [5.74, 6) is 0.0557. The van der Waals surface area contributed by atoms with E-state index in [4.69, 9.17) is 26.2 Å². The van der Waals surface area contributed by atoms with E-state index in [9.17, 15) is 4.79 Å². The molecule has 0 aliphatic carbocycles. The van der Waals surface area contributed by atoms with Crippen LogP contribution in [0.3, 0.4) is 0 Å². The monoisotopic (exact) mass is 334 g/mol. The SMILES string of the molecule is Cc1ccc(C)c(OCCOc2ccc(Cl)cc2C(=O)O)c1C. The van der Waals surface area contributed by atoms with Crippen LogP contribution < -0.4 is 9.47 Å². The maximum Gasteiger partial charge on any atom is 0.339 e. The van der Waals surface area contributed by atoms with Crippen molar-refractivity contribution in [1.82, 2.24) is 0 Å². The molecular formula is C18H19ClO4. The predicted octanol–water partition coefficient (Wildman–Crippen LogP) is 4.42. The van der Waals surface area contributed by atoms with Crippen molar-refractivity contribution >= 4 is 17.6 Å². The molecule has 122 valence electrons. The highest BCUT2D eigenvalue weighted by molar-refractivity contribution is 6.31. The zero-order valence-electron chi connectivity index (χ0n) is 13.4. The van der Waals surface area contributed by atoms with E-state index >= 15 is 0 Å². The average Bonchev–Trinajstić information content (AvgIpc) is 2.51. The summed E-state index contributed by atoms with van der Waals surface area (Å²) in [5.41, 5.74) is 3.37. The number of aromatic carboxylic acids is 1. The van der Waals surface area contributed by atoms with Gasteiger partial charge in [0.2, 0.25) is 0 Å². The number of halogens is 1. The number of ether oxygens (including phenoxy) is 2. The maximum atomic E-state index is 11.2. The Morgan fingerprint density at radius 2 is 1.70 bits per heavy atom. The number of hydrogen-bond donors (Lipinski definition) is 1. The third kappa shape index (κ3) is 4.17. The molecule has 2 rings (SSSR count). The first kappa shape index (κ1) is 17.2. The Morgan fingerprint density at radius 3 is 2.39 bits per heavy atom. The molecule has 4 nitrogen and oxygen atoms in total. The number of aryl methyl sites for hydroxylation is 2. The Labute approximate surface area is 140 Å². The van der Waals surface area contributed by atoms with E-state index in [1.54, 1.807) is 12.1 Å². The molecule has 0 spiro atoms. The number of carboxylic acid groups (broad SMARTS) is 1. The number of rotatable bonds is 6. The second kappa shape index (κ2) is 7.38. The standard InChI is InChI=1S/C18H19ClO4/c1-11-4-5-12(2)17(13(11)3)23-9-8-22-16-7-6-14(19)10-15(16)18(20)21/h4-7,10H,8-9H2,1-3H3,(H,20,21). The molecule has 0 atom stereocenters. The molecule has 2 aromatic rings. The summed E-state index contributed by atoms with van der Waals surface area (Å²) in [4.78, 5) is 11.2. The summed E-state index contributed by atoms with van der Waals surface area (Å²) in [6, 6.07) is 8.59. The van der Waals surface area contributed by atoms with Crippen LogP contribution in [-0.2, 0) is 0 Å². The minimum atomic E-state index is -1.08. The molecule has 0 aromatic heterocycles. The van der Waals surface area contributed by atoms with E-state index in [0.29, 0.717) is 11.6 Å². The van der Waals surface area contributed by atoms with Crippen LogP contribution in [0.15, 0.2) is 30.3 Å². The Morgan fingerprint density at radius 1 is 1.04 bits per heavy atom. The quantitative estimate of drug-likeness (QED) is 0.794. The molecule has 0 aliphatic rings. The zero-order chi connectivity index (χ0) is 17.0. The second-order valence-electron chi connectivity index (χ2n) is 5.30. The lowest BCUT2D eigenvalue weighted by Gasteiger charge is -2.15.